The molecule has 0 aliphatic rings. The smallest absolute Gasteiger partial charge is 0.0595 e. The van der Waals surface area contributed by atoms with Crippen LogP contribution in [-0.4, -0.2) is 19.1 Å². The summed E-state index contributed by atoms with van der Waals surface area (Å²) in [5.74, 6) is 0.473. The number of nitrogens with zero attached hydrogens (tertiary/aromatic N) is 1. The molecule has 0 aliphatic carbocycles. The van der Waals surface area contributed by atoms with Crippen molar-refractivity contribution < 1.29 is 0 Å². The van der Waals surface area contributed by atoms with E-state index in [9.17, 15) is 0 Å². The number of halogens is 1. The molecule has 36 valence electrons. The second-order valence-electron chi connectivity index (χ2n) is 0.690. The van der Waals surface area contributed by atoms with Gasteiger partial charge >= 0.3 is 0 Å². The summed E-state index contributed by atoms with van der Waals surface area (Å²) in [5, 5.41) is 3.58. The van der Waals surface area contributed by atoms with Gasteiger partial charge in [0.05, 0.1) is 5.88 Å². The van der Waals surface area contributed by atoms with Crippen LogP contribution in [0.25, 0.3) is 0 Å². The molecule has 0 aliphatic heterocycles. The highest BCUT2D eigenvalue weighted by Crippen LogP contribution is 1.62. The van der Waals surface area contributed by atoms with Crippen molar-refractivity contribution in [3.05, 3.63) is 0 Å². The van der Waals surface area contributed by atoms with E-state index in [1.54, 1.807) is 13.3 Å². The Labute approximate surface area is 42.2 Å². The Morgan fingerprint density at radius 3 is 2.83 bits per heavy atom. The Kier molecular flexibility index (Phi) is 4.57. The van der Waals surface area contributed by atoms with Crippen molar-refractivity contribution in [2.75, 3.05) is 12.9 Å². The third-order valence-electron chi connectivity index (χ3n) is 0.289. The topological polar surface area (TPSA) is 24.4 Å². The molecule has 0 unspecified atom stereocenters. The SMILES string of the molecule is CNN=CCCl. The molecule has 1 N–H and O–H groups in total. The molecule has 6 heavy (non-hydrogen) atoms. The Hall–Kier alpha value is -0.240. The summed E-state index contributed by atoms with van der Waals surface area (Å²) in [5.41, 5.74) is 2.55. The predicted molar refractivity (Wildman–Crippen MR) is 28.3 cm³/mol. The highest BCUT2D eigenvalue weighted by Gasteiger charge is 1.60. The average molecular weight is 107 g/mol. The van der Waals surface area contributed by atoms with Gasteiger partial charge in [0.25, 0.3) is 0 Å². The van der Waals surface area contributed by atoms with Crippen molar-refractivity contribution in [1.29, 1.82) is 0 Å². The second kappa shape index (κ2) is 4.76. The van der Waals surface area contributed by atoms with E-state index in [1.807, 2.05) is 0 Å². The van der Waals surface area contributed by atoms with Gasteiger partial charge in [0.2, 0.25) is 0 Å². The first-order chi connectivity index (χ1) is 2.91. The third-order valence-corrected chi connectivity index (χ3v) is 0.427. The summed E-state index contributed by atoms with van der Waals surface area (Å²) >= 11 is 5.19. The van der Waals surface area contributed by atoms with Crippen molar-refractivity contribution in [3.8, 4) is 0 Å². The summed E-state index contributed by atoms with van der Waals surface area (Å²) in [4.78, 5) is 0. The van der Waals surface area contributed by atoms with E-state index in [2.05, 4.69) is 10.5 Å². The van der Waals surface area contributed by atoms with Gasteiger partial charge in [-0.1, -0.05) is 0 Å². The van der Waals surface area contributed by atoms with E-state index in [1.165, 1.54) is 0 Å². The molecule has 0 atom stereocenters. The molecule has 0 bridgehead atoms. The first kappa shape index (κ1) is 5.76. The lowest BCUT2D eigenvalue weighted by Gasteiger charge is -1.78. The monoisotopic (exact) mass is 106 g/mol. The van der Waals surface area contributed by atoms with Crippen molar-refractivity contribution in [1.82, 2.24) is 5.43 Å². The van der Waals surface area contributed by atoms with Gasteiger partial charge in [-0.2, -0.15) is 5.10 Å². The predicted octanol–water partition coefficient (Wildman–Crippen LogP) is 0.430. The van der Waals surface area contributed by atoms with Gasteiger partial charge < -0.3 is 5.43 Å². The molecular weight excluding hydrogens is 99.5 g/mol. The fourth-order valence-electron chi connectivity index (χ4n) is 0.126. The summed E-state index contributed by atoms with van der Waals surface area (Å²) in [6.45, 7) is 0. The van der Waals surface area contributed by atoms with E-state index in [-0.39, 0.29) is 0 Å². The van der Waals surface area contributed by atoms with Crippen LogP contribution in [0.4, 0.5) is 0 Å². The Bertz CT molecular complexity index is 38.1. The average Bonchev–Trinajstić information content (AvgIpc) is 1.61. The van der Waals surface area contributed by atoms with Gasteiger partial charge in [0, 0.05) is 13.3 Å². The summed E-state index contributed by atoms with van der Waals surface area (Å²) in [6, 6.07) is 0. The lowest BCUT2D eigenvalue weighted by Crippen LogP contribution is -1.93. The van der Waals surface area contributed by atoms with Gasteiger partial charge in [0.15, 0.2) is 0 Å². The highest BCUT2D eigenvalue weighted by atomic mass is 35.5. The Morgan fingerprint density at radius 1 is 2.00 bits per heavy atom. The maximum atomic E-state index is 5.19. The fourth-order valence-corrected chi connectivity index (χ4v) is 0.195. The van der Waals surface area contributed by atoms with Crippen molar-refractivity contribution >= 4 is 17.8 Å². The first-order valence-electron chi connectivity index (χ1n) is 1.66. The number of alkyl halides is 1. The van der Waals surface area contributed by atoms with Crippen LogP contribution < -0.4 is 5.43 Å². The quantitative estimate of drug-likeness (QED) is 0.308. The van der Waals surface area contributed by atoms with Crippen LogP contribution in [0.1, 0.15) is 0 Å². The van der Waals surface area contributed by atoms with Crippen LogP contribution in [-0.2, 0) is 0 Å². The molecule has 0 aromatic heterocycles. The van der Waals surface area contributed by atoms with E-state index >= 15 is 0 Å². The molecule has 0 fully saturated rings. The minimum atomic E-state index is 0.473. The molecule has 0 rings (SSSR count). The maximum Gasteiger partial charge on any atom is 0.0595 e. The van der Waals surface area contributed by atoms with Gasteiger partial charge in [-0.05, 0) is 0 Å². The largest absolute Gasteiger partial charge is 0.313 e. The van der Waals surface area contributed by atoms with Crippen molar-refractivity contribution in [2.24, 2.45) is 5.10 Å². The van der Waals surface area contributed by atoms with Crippen LogP contribution >= 0.6 is 11.6 Å². The van der Waals surface area contributed by atoms with Crippen molar-refractivity contribution in [3.63, 3.8) is 0 Å². The van der Waals surface area contributed by atoms with E-state index in [0.29, 0.717) is 5.88 Å². The number of hydrogen-bond acceptors (Lipinski definition) is 2. The molecule has 0 saturated heterocycles. The standard InChI is InChI=1S/C3H7ClN2/c1-5-6-3-2-4/h3,5H,2H2,1H3. The number of rotatable bonds is 2. The molecule has 0 radical (unpaired) electrons. The number of hydrazone groups is 1. The first-order valence-corrected chi connectivity index (χ1v) is 2.19. The van der Waals surface area contributed by atoms with Crippen LogP contribution in [0, 0.1) is 0 Å². The maximum absolute atomic E-state index is 5.19. The lowest BCUT2D eigenvalue weighted by atomic mass is 10.9. The normalized spacial score (nSPS) is 9.67. The van der Waals surface area contributed by atoms with E-state index < -0.39 is 0 Å². The molecule has 3 heteroatoms. The van der Waals surface area contributed by atoms with Gasteiger partial charge in [-0.15, -0.1) is 11.6 Å². The van der Waals surface area contributed by atoms with Crippen LogP contribution in [0.15, 0.2) is 5.10 Å². The van der Waals surface area contributed by atoms with Crippen LogP contribution in [0.5, 0.6) is 0 Å². The van der Waals surface area contributed by atoms with Crippen molar-refractivity contribution in [2.45, 2.75) is 0 Å². The number of nitrogens with one attached hydrogen (secondary N) is 1. The molecule has 0 spiro atoms. The highest BCUT2D eigenvalue weighted by molar-refractivity contribution is 6.24. The second-order valence-corrected chi connectivity index (χ2v) is 0.998. The van der Waals surface area contributed by atoms with E-state index in [0.717, 1.165) is 0 Å². The molecule has 0 heterocycles. The minimum Gasteiger partial charge on any atom is -0.313 e. The fraction of sp³-hybridized carbons (Fsp3) is 0.667. The molecule has 0 aromatic rings. The van der Waals surface area contributed by atoms with Gasteiger partial charge in [0.1, 0.15) is 0 Å². The summed E-state index contributed by atoms with van der Waals surface area (Å²) in [6.07, 6.45) is 1.58. The lowest BCUT2D eigenvalue weighted by molar-refractivity contribution is 0.907. The molecule has 0 saturated carbocycles. The summed E-state index contributed by atoms with van der Waals surface area (Å²) < 4.78 is 0. The zero-order valence-corrected chi connectivity index (χ0v) is 4.37. The molecule has 2 nitrogen and oxygen atoms in total. The van der Waals surface area contributed by atoms with Crippen LogP contribution in [0.2, 0.25) is 0 Å². The van der Waals surface area contributed by atoms with Crippen LogP contribution in [0.3, 0.4) is 0 Å². The third kappa shape index (κ3) is 3.76. The Balaban J connectivity index is 2.73. The zero-order valence-electron chi connectivity index (χ0n) is 3.61. The molecule has 0 amide bonds. The zero-order chi connectivity index (χ0) is 4.83. The summed E-state index contributed by atoms with van der Waals surface area (Å²) in [7, 11) is 1.73. The minimum absolute atomic E-state index is 0.473. The molecule has 0 aromatic carbocycles. The van der Waals surface area contributed by atoms with E-state index in [4.69, 9.17) is 11.6 Å². The molecular formula is C3H7ClN2. The Morgan fingerprint density at radius 2 is 2.67 bits per heavy atom. The number of hydrogen-bond donors (Lipinski definition) is 1. The van der Waals surface area contributed by atoms with Gasteiger partial charge in [-0.25, -0.2) is 0 Å². The van der Waals surface area contributed by atoms with Gasteiger partial charge in [-0.3, -0.25) is 0 Å².